The minimum atomic E-state index is 0.518. The van der Waals surface area contributed by atoms with Crippen molar-refractivity contribution in [3.05, 3.63) is 42.4 Å². The highest BCUT2D eigenvalue weighted by Gasteiger charge is 2.27. The van der Waals surface area contributed by atoms with Crippen molar-refractivity contribution >= 4 is 26.8 Å². The van der Waals surface area contributed by atoms with E-state index in [0.717, 1.165) is 62.9 Å². The largest absolute Gasteiger partial charge is 0.348 e. The number of hydrogen-bond acceptors (Lipinski definition) is 7. The van der Waals surface area contributed by atoms with Crippen LogP contribution in [0.15, 0.2) is 36.8 Å². The van der Waals surface area contributed by atoms with Gasteiger partial charge in [0.05, 0.1) is 17.6 Å². The summed E-state index contributed by atoms with van der Waals surface area (Å²) in [7, 11) is 4.38. The fraction of sp³-hybridized carbons (Fsp3) is 0.391. The SMILES string of the molecule is Cc1cc2nc(N(C)C3CCN(C)C(C)C3)sc2nc1-c1ccc(-c2cn[nH]c2)cn1. The number of rotatable bonds is 4. The Morgan fingerprint density at radius 2 is 2.06 bits per heavy atom. The Kier molecular flexibility index (Phi) is 5.19. The first-order chi connectivity index (χ1) is 15.0. The van der Waals surface area contributed by atoms with Crippen molar-refractivity contribution in [3.8, 4) is 22.5 Å². The van der Waals surface area contributed by atoms with Crippen LogP contribution < -0.4 is 4.90 Å². The van der Waals surface area contributed by atoms with Gasteiger partial charge < -0.3 is 9.80 Å². The van der Waals surface area contributed by atoms with Crippen LogP contribution in [0.2, 0.25) is 0 Å². The summed E-state index contributed by atoms with van der Waals surface area (Å²) in [6.45, 7) is 5.51. The van der Waals surface area contributed by atoms with Crippen LogP contribution in [0.1, 0.15) is 25.3 Å². The molecule has 0 radical (unpaired) electrons. The molecule has 8 heteroatoms. The number of hydrogen-bond donors (Lipinski definition) is 1. The van der Waals surface area contributed by atoms with Crippen molar-refractivity contribution < 1.29 is 0 Å². The monoisotopic (exact) mass is 433 g/mol. The Bertz CT molecular complexity index is 1180. The lowest BCUT2D eigenvalue weighted by molar-refractivity contribution is 0.181. The average molecular weight is 434 g/mol. The number of aromatic nitrogens is 5. The third-order valence-electron chi connectivity index (χ3n) is 6.43. The van der Waals surface area contributed by atoms with E-state index in [-0.39, 0.29) is 0 Å². The lowest BCUT2D eigenvalue weighted by atomic mass is 9.98. The van der Waals surface area contributed by atoms with E-state index in [9.17, 15) is 0 Å². The second-order valence-corrected chi connectivity index (χ2v) is 9.47. The van der Waals surface area contributed by atoms with Crippen molar-refractivity contribution in [1.82, 2.24) is 30.0 Å². The van der Waals surface area contributed by atoms with Gasteiger partial charge in [0, 0.05) is 49.2 Å². The van der Waals surface area contributed by atoms with Crippen LogP contribution >= 0.6 is 11.3 Å². The van der Waals surface area contributed by atoms with Crippen LogP contribution in [0.3, 0.4) is 0 Å². The molecule has 31 heavy (non-hydrogen) atoms. The normalized spacial score (nSPS) is 19.7. The Morgan fingerprint density at radius 3 is 2.77 bits per heavy atom. The Hall–Kier alpha value is -2.84. The van der Waals surface area contributed by atoms with Crippen LogP contribution in [-0.4, -0.2) is 62.8 Å². The van der Waals surface area contributed by atoms with Crippen LogP contribution in [-0.2, 0) is 0 Å². The number of aromatic amines is 1. The van der Waals surface area contributed by atoms with Gasteiger partial charge in [-0.15, -0.1) is 0 Å². The molecule has 1 aliphatic rings. The van der Waals surface area contributed by atoms with Crippen molar-refractivity contribution in [2.24, 2.45) is 0 Å². The second kappa shape index (κ2) is 8.01. The van der Waals surface area contributed by atoms with E-state index in [4.69, 9.17) is 9.97 Å². The molecule has 5 rings (SSSR count). The predicted octanol–water partition coefficient (Wildman–Crippen LogP) is 4.37. The van der Waals surface area contributed by atoms with Crippen molar-refractivity contribution in [2.75, 3.05) is 25.5 Å². The maximum Gasteiger partial charge on any atom is 0.187 e. The number of nitrogens with one attached hydrogen (secondary N) is 1. The molecule has 7 nitrogen and oxygen atoms in total. The van der Waals surface area contributed by atoms with Gasteiger partial charge in [-0.2, -0.15) is 5.10 Å². The summed E-state index contributed by atoms with van der Waals surface area (Å²) in [6, 6.07) is 7.33. The quantitative estimate of drug-likeness (QED) is 0.515. The molecule has 0 spiro atoms. The number of H-pyrrole nitrogens is 1. The molecule has 4 aromatic rings. The zero-order chi connectivity index (χ0) is 21.5. The standard InChI is InChI=1S/C23H27N7S/c1-14-9-20-22(31-23(27-20)30(4)18-7-8-29(3)15(2)10-18)28-21(14)19-6-5-16(11-24-19)17-12-25-26-13-17/h5-6,9,11-13,15,18H,7-8,10H2,1-4H3,(H,25,26). The first-order valence-electron chi connectivity index (χ1n) is 10.7. The van der Waals surface area contributed by atoms with Crippen LogP contribution in [0, 0.1) is 6.92 Å². The topological polar surface area (TPSA) is 73.8 Å². The number of piperidine rings is 1. The molecule has 2 atom stereocenters. The van der Waals surface area contributed by atoms with E-state index >= 15 is 0 Å². The third-order valence-corrected chi connectivity index (χ3v) is 7.49. The average Bonchev–Trinajstić information content (AvgIpc) is 3.44. The lowest BCUT2D eigenvalue weighted by Gasteiger charge is -2.39. The van der Waals surface area contributed by atoms with Gasteiger partial charge in [0.2, 0.25) is 0 Å². The van der Waals surface area contributed by atoms with Crippen molar-refractivity contribution in [1.29, 1.82) is 0 Å². The van der Waals surface area contributed by atoms with Crippen LogP contribution in [0.5, 0.6) is 0 Å². The molecule has 1 fully saturated rings. The minimum absolute atomic E-state index is 0.518. The zero-order valence-electron chi connectivity index (χ0n) is 18.3. The molecule has 5 heterocycles. The summed E-state index contributed by atoms with van der Waals surface area (Å²) in [5.74, 6) is 0. The maximum absolute atomic E-state index is 4.95. The van der Waals surface area contributed by atoms with Crippen molar-refractivity contribution in [3.63, 3.8) is 0 Å². The van der Waals surface area contributed by atoms with Gasteiger partial charge in [-0.3, -0.25) is 10.1 Å². The number of thiazole rings is 1. The maximum atomic E-state index is 4.95. The first-order valence-corrected chi connectivity index (χ1v) is 11.5. The van der Waals surface area contributed by atoms with E-state index in [1.165, 1.54) is 0 Å². The van der Waals surface area contributed by atoms with Gasteiger partial charge in [0.1, 0.15) is 10.3 Å². The Labute approximate surface area is 186 Å². The Balaban J connectivity index is 1.43. The molecular weight excluding hydrogens is 406 g/mol. The van der Waals surface area contributed by atoms with E-state index in [1.807, 2.05) is 18.5 Å². The van der Waals surface area contributed by atoms with Gasteiger partial charge in [-0.1, -0.05) is 17.4 Å². The molecule has 2 unspecified atom stereocenters. The number of aryl methyl sites for hydroxylation is 1. The van der Waals surface area contributed by atoms with E-state index in [0.29, 0.717) is 12.1 Å². The molecule has 1 aliphatic heterocycles. The molecule has 1 saturated heterocycles. The van der Waals surface area contributed by atoms with E-state index < -0.39 is 0 Å². The number of nitrogens with zero attached hydrogens (tertiary/aromatic N) is 6. The molecule has 0 bridgehead atoms. The Morgan fingerprint density at radius 1 is 1.19 bits per heavy atom. The molecule has 4 aromatic heterocycles. The predicted molar refractivity (Wildman–Crippen MR) is 126 cm³/mol. The summed E-state index contributed by atoms with van der Waals surface area (Å²) in [5, 5.41) is 7.90. The summed E-state index contributed by atoms with van der Waals surface area (Å²) >= 11 is 1.67. The van der Waals surface area contributed by atoms with Gasteiger partial charge in [0.15, 0.2) is 5.13 Å². The van der Waals surface area contributed by atoms with Crippen LogP contribution in [0.25, 0.3) is 32.9 Å². The number of pyridine rings is 2. The third kappa shape index (κ3) is 3.81. The van der Waals surface area contributed by atoms with Gasteiger partial charge in [0.25, 0.3) is 0 Å². The summed E-state index contributed by atoms with van der Waals surface area (Å²) < 4.78 is 0. The van der Waals surface area contributed by atoms with Gasteiger partial charge >= 0.3 is 0 Å². The van der Waals surface area contributed by atoms with Gasteiger partial charge in [-0.05, 0) is 51.4 Å². The highest BCUT2D eigenvalue weighted by Crippen LogP contribution is 2.33. The zero-order valence-corrected chi connectivity index (χ0v) is 19.1. The van der Waals surface area contributed by atoms with Gasteiger partial charge in [-0.25, -0.2) is 9.97 Å². The fourth-order valence-electron chi connectivity index (χ4n) is 4.25. The number of fused-ring (bicyclic) bond motifs is 1. The fourth-order valence-corrected chi connectivity index (χ4v) is 5.20. The highest BCUT2D eigenvalue weighted by atomic mass is 32.1. The van der Waals surface area contributed by atoms with Crippen molar-refractivity contribution in [2.45, 2.75) is 38.8 Å². The molecular formula is C23H27N7S. The molecule has 0 amide bonds. The molecule has 160 valence electrons. The molecule has 1 N–H and O–H groups in total. The highest BCUT2D eigenvalue weighted by molar-refractivity contribution is 7.21. The first kappa shape index (κ1) is 20.1. The summed E-state index contributed by atoms with van der Waals surface area (Å²) in [5.41, 5.74) is 5.89. The minimum Gasteiger partial charge on any atom is -0.348 e. The van der Waals surface area contributed by atoms with E-state index in [2.05, 4.69) is 65.1 Å². The number of likely N-dealkylation sites (tertiary alicyclic amines) is 1. The number of anilines is 1. The second-order valence-electron chi connectivity index (χ2n) is 8.51. The summed E-state index contributed by atoms with van der Waals surface area (Å²) in [4.78, 5) is 20.3. The molecule has 0 aromatic carbocycles. The lowest BCUT2D eigenvalue weighted by Crippen LogP contribution is -2.46. The molecule has 0 aliphatic carbocycles. The van der Waals surface area contributed by atoms with E-state index in [1.54, 1.807) is 17.5 Å². The molecule has 0 saturated carbocycles. The van der Waals surface area contributed by atoms with Crippen LogP contribution in [0.4, 0.5) is 5.13 Å². The summed E-state index contributed by atoms with van der Waals surface area (Å²) in [6.07, 6.45) is 7.86. The smallest absolute Gasteiger partial charge is 0.187 e.